The van der Waals surface area contributed by atoms with Crippen LogP contribution in [-0.2, 0) is 0 Å². The number of aryl methyl sites for hydroxylation is 1. The topological polar surface area (TPSA) is 43.1 Å². The maximum absolute atomic E-state index is 10.4. The molecule has 0 N–H and O–H groups in total. The second-order valence-electron chi connectivity index (χ2n) is 3.45. The molecule has 0 bridgehead atoms. The first kappa shape index (κ1) is 18.0. The van der Waals surface area contributed by atoms with Crippen LogP contribution in [-0.4, -0.2) is 4.92 Å². The van der Waals surface area contributed by atoms with Gasteiger partial charge in [-0.1, -0.05) is 47.6 Å². The lowest BCUT2D eigenvalue weighted by atomic mass is 9.98. The van der Waals surface area contributed by atoms with E-state index in [1.54, 1.807) is 12.1 Å². The fourth-order valence-electron chi connectivity index (χ4n) is 1.42. The average molecular weight is 239 g/mol. The van der Waals surface area contributed by atoms with Crippen LogP contribution in [0.2, 0.25) is 0 Å². The van der Waals surface area contributed by atoms with Crippen molar-refractivity contribution in [3.05, 3.63) is 39.4 Å². The summed E-state index contributed by atoms with van der Waals surface area (Å²) in [5, 5.41) is 10.4. The Labute approximate surface area is 105 Å². The van der Waals surface area contributed by atoms with Crippen LogP contribution in [0.3, 0.4) is 0 Å². The van der Waals surface area contributed by atoms with Gasteiger partial charge in [-0.3, -0.25) is 10.1 Å². The lowest BCUT2D eigenvalue weighted by Gasteiger charge is -2.08. The van der Waals surface area contributed by atoms with Crippen LogP contribution in [0.15, 0.2) is 18.2 Å². The summed E-state index contributed by atoms with van der Waals surface area (Å²) in [6, 6.07) is 5.01. The van der Waals surface area contributed by atoms with Gasteiger partial charge in [0.15, 0.2) is 0 Å². The quantitative estimate of drug-likeness (QED) is 0.533. The Morgan fingerprint density at radius 1 is 1.12 bits per heavy atom. The third kappa shape index (κ3) is 6.05. The molecule has 98 valence electrons. The second kappa shape index (κ2) is 9.82. The minimum Gasteiger partial charge on any atom is -0.258 e. The van der Waals surface area contributed by atoms with Crippen LogP contribution >= 0.6 is 0 Å². The summed E-state index contributed by atoms with van der Waals surface area (Å²) in [4.78, 5) is 10.1. The van der Waals surface area contributed by atoms with E-state index in [4.69, 9.17) is 0 Å². The highest BCUT2D eigenvalue weighted by molar-refractivity contribution is 5.40. The van der Waals surface area contributed by atoms with E-state index < -0.39 is 0 Å². The maximum atomic E-state index is 10.4. The highest BCUT2D eigenvalue weighted by atomic mass is 16.6. The van der Waals surface area contributed by atoms with E-state index in [1.165, 1.54) is 5.56 Å². The van der Waals surface area contributed by atoms with Gasteiger partial charge in [0.25, 0.3) is 5.69 Å². The van der Waals surface area contributed by atoms with Gasteiger partial charge in [0.05, 0.1) is 4.92 Å². The third-order valence-electron chi connectivity index (χ3n) is 2.09. The van der Waals surface area contributed by atoms with Crippen molar-refractivity contribution in [3.8, 4) is 0 Å². The Kier molecular flexibility index (Phi) is 10.4. The number of hydrogen-bond donors (Lipinski definition) is 0. The van der Waals surface area contributed by atoms with Gasteiger partial charge in [-0.2, -0.15) is 0 Å². The second-order valence-corrected chi connectivity index (χ2v) is 3.45. The van der Waals surface area contributed by atoms with E-state index in [2.05, 4.69) is 13.8 Å². The molecule has 0 amide bonds. The van der Waals surface area contributed by atoms with Gasteiger partial charge in [-0.15, -0.1) is 0 Å². The molecule has 1 aromatic carbocycles. The lowest BCUT2D eigenvalue weighted by molar-refractivity contribution is -0.384. The fourth-order valence-corrected chi connectivity index (χ4v) is 1.42. The molecular formula is C14H25NO2. The first-order valence-corrected chi connectivity index (χ1v) is 6.27. The van der Waals surface area contributed by atoms with Crippen molar-refractivity contribution >= 4 is 5.69 Å². The van der Waals surface area contributed by atoms with Gasteiger partial charge >= 0.3 is 0 Å². The largest absolute Gasteiger partial charge is 0.269 e. The number of hydrogen-bond acceptors (Lipinski definition) is 2. The van der Waals surface area contributed by atoms with Crippen LogP contribution in [0.5, 0.6) is 0 Å². The first-order chi connectivity index (χ1) is 8.02. The van der Waals surface area contributed by atoms with Gasteiger partial charge in [-0.25, -0.2) is 0 Å². The molecule has 0 aliphatic carbocycles. The molecule has 0 aromatic heterocycles. The molecule has 3 nitrogen and oxygen atoms in total. The average Bonchev–Trinajstić information content (AvgIpc) is 2.33. The van der Waals surface area contributed by atoms with Gasteiger partial charge in [-0.05, 0) is 24.0 Å². The zero-order valence-corrected chi connectivity index (χ0v) is 12.1. The molecule has 0 unspecified atom stereocenters. The number of non-ortho nitro benzene ring substituents is 1. The van der Waals surface area contributed by atoms with Gasteiger partial charge < -0.3 is 0 Å². The van der Waals surface area contributed by atoms with Crippen molar-refractivity contribution in [3.63, 3.8) is 0 Å². The SMILES string of the molecule is CC.CC.Cc1cc([N+](=O)[O-])ccc1C(C)C. The van der Waals surface area contributed by atoms with Crippen LogP contribution in [0.4, 0.5) is 5.69 Å². The summed E-state index contributed by atoms with van der Waals surface area (Å²) >= 11 is 0. The summed E-state index contributed by atoms with van der Waals surface area (Å²) < 4.78 is 0. The molecule has 3 heteroatoms. The summed E-state index contributed by atoms with van der Waals surface area (Å²) in [5.41, 5.74) is 2.33. The molecule has 1 aromatic rings. The maximum Gasteiger partial charge on any atom is 0.269 e. The van der Waals surface area contributed by atoms with E-state index in [1.807, 2.05) is 40.7 Å². The van der Waals surface area contributed by atoms with Crippen molar-refractivity contribution in [1.29, 1.82) is 0 Å². The Hall–Kier alpha value is -1.38. The molecule has 0 saturated carbocycles. The van der Waals surface area contributed by atoms with Crippen molar-refractivity contribution in [2.45, 2.75) is 54.4 Å². The summed E-state index contributed by atoms with van der Waals surface area (Å²) in [5.74, 6) is 0.417. The fraction of sp³-hybridized carbons (Fsp3) is 0.571. The molecular weight excluding hydrogens is 214 g/mol. The molecule has 0 atom stereocenters. The van der Waals surface area contributed by atoms with E-state index in [0.717, 1.165) is 5.56 Å². The molecule has 0 spiro atoms. The standard InChI is InChI=1S/C10H13NO2.2C2H6/c1-7(2)10-5-4-9(11(12)13)6-8(10)3;2*1-2/h4-7H,1-3H3;2*1-2H3. The van der Waals surface area contributed by atoms with Gasteiger partial charge in [0, 0.05) is 12.1 Å². The number of nitro benzene ring substituents is 1. The minimum atomic E-state index is -0.364. The van der Waals surface area contributed by atoms with Crippen LogP contribution < -0.4 is 0 Å². The summed E-state index contributed by atoms with van der Waals surface area (Å²) in [6.45, 7) is 14.1. The highest BCUT2D eigenvalue weighted by Crippen LogP contribution is 2.22. The van der Waals surface area contributed by atoms with Crippen LogP contribution in [0.1, 0.15) is 58.6 Å². The first-order valence-electron chi connectivity index (χ1n) is 6.27. The zero-order chi connectivity index (χ0) is 14.0. The van der Waals surface area contributed by atoms with Crippen molar-refractivity contribution in [2.24, 2.45) is 0 Å². The number of nitro groups is 1. The predicted molar refractivity (Wildman–Crippen MR) is 74.6 cm³/mol. The van der Waals surface area contributed by atoms with Crippen LogP contribution in [0.25, 0.3) is 0 Å². The normalized spacial score (nSPS) is 8.71. The van der Waals surface area contributed by atoms with Crippen molar-refractivity contribution in [2.75, 3.05) is 0 Å². The number of rotatable bonds is 2. The number of benzene rings is 1. The molecule has 17 heavy (non-hydrogen) atoms. The summed E-state index contributed by atoms with van der Waals surface area (Å²) in [7, 11) is 0. The van der Waals surface area contributed by atoms with Gasteiger partial charge in [0.1, 0.15) is 0 Å². The molecule has 0 aliphatic rings. The Morgan fingerprint density at radius 3 is 1.88 bits per heavy atom. The molecule has 0 heterocycles. The molecule has 0 aliphatic heterocycles. The summed E-state index contributed by atoms with van der Waals surface area (Å²) in [6.07, 6.45) is 0. The minimum absolute atomic E-state index is 0.168. The number of nitrogens with zero attached hydrogens (tertiary/aromatic N) is 1. The van der Waals surface area contributed by atoms with E-state index in [9.17, 15) is 10.1 Å². The van der Waals surface area contributed by atoms with Crippen LogP contribution in [0, 0.1) is 17.0 Å². The smallest absolute Gasteiger partial charge is 0.258 e. The van der Waals surface area contributed by atoms with Crippen molar-refractivity contribution in [1.82, 2.24) is 0 Å². The molecule has 0 saturated heterocycles. The van der Waals surface area contributed by atoms with E-state index >= 15 is 0 Å². The molecule has 1 rings (SSSR count). The molecule has 0 radical (unpaired) electrons. The third-order valence-corrected chi connectivity index (χ3v) is 2.09. The van der Waals surface area contributed by atoms with Crippen molar-refractivity contribution < 1.29 is 4.92 Å². The Morgan fingerprint density at radius 2 is 1.59 bits per heavy atom. The van der Waals surface area contributed by atoms with Gasteiger partial charge in [0.2, 0.25) is 0 Å². The zero-order valence-electron chi connectivity index (χ0n) is 12.1. The Bertz CT molecular complexity index is 333. The Balaban J connectivity index is 0. The van der Waals surface area contributed by atoms with E-state index in [-0.39, 0.29) is 10.6 Å². The highest BCUT2D eigenvalue weighted by Gasteiger charge is 2.09. The molecule has 0 fully saturated rings. The van der Waals surface area contributed by atoms with E-state index in [0.29, 0.717) is 5.92 Å². The monoisotopic (exact) mass is 239 g/mol. The predicted octanol–water partition coefficient (Wildman–Crippen LogP) is 5.08. The lowest BCUT2D eigenvalue weighted by Crippen LogP contribution is -1.94.